The molecule has 0 aliphatic rings. The molecule has 6 heteroatoms. The Morgan fingerprint density at radius 3 is 2.05 bits per heavy atom. The second-order valence-corrected chi connectivity index (χ2v) is 4.04. The molecule has 0 aromatic heterocycles. The Bertz CT molecular complexity index is 664. The van der Waals surface area contributed by atoms with Crippen molar-refractivity contribution in [2.75, 3.05) is 5.32 Å². The minimum absolute atomic E-state index is 0.0372. The van der Waals surface area contributed by atoms with Gasteiger partial charge in [0.25, 0.3) is 5.91 Å². The summed E-state index contributed by atoms with van der Waals surface area (Å²) in [4.78, 5) is 22.6. The topological polar surface area (TPSA) is 107 Å². The summed E-state index contributed by atoms with van der Waals surface area (Å²) in [6.45, 7) is 0. The number of phenolic OH excluding ortho intramolecular Hbond substituents is 2. The van der Waals surface area contributed by atoms with Crippen molar-refractivity contribution < 1.29 is 24.9 Å². The van der Waals surface area contributed by atoms with Gasteiger partial charge in [0, 0.05) is 5.56 Å². The molecule has 2 rings (SSSR count). The van der Waals surface area contributed by atoms with Gasteiger partial charge in [-0.1, -0.05) is 0 Å². The van der Waals surface area contributed by atoms with Crippen LogP contribution in [0.25, 0.3) is 0 Å². The lowest BCUT2D eigenvalue weighted by Crippen LogP contribution is -2.12. The molecular weight excluding hydrogens is 262 g/mol. The molecule has 20 heavy (non-hydrogen) atoms. The van der Waals surface area contributed by atoms with Gasteiger partial charge in [0.05, 0.1) is 11.3 Å². The third-order valence-corrected chi connectivity index (χ3v) is 2.62. The van der Waals surface area contributed by atoms with Crippen LogP contribution in [0.3, 0.4) is 0 Å². The number of hydrogen-bond acceptors (Lipinski definition) is 4. The second kappa shape index (κ2) is 5.31. The van der Waals surface area contributed by atoms with Crippen molar-refractivity contribution in [3.63, 3.8) is 0 Å². The van der Waals surface area contributed by atoms with Crippen LogP contribution in [0.4, 0.5) is 5.69 Å². The number of anilines is 1. The van der Waals surface area contributed by atoms with E-state index < -0.39 is 11.9 Å². The molecule has 0 saturated heterocycles. The molecule has 0 saturated carbocycles. The quantitative estimate of drug-likeness (QED) is 0.640. The number of aromatic carboxylic acids is 1. The Labute approximate surface area is 113 Å². The third-order valence-electron chi connectivity index (χ3n) is 2.62. The van der Waals surface area contributed by atoms with Crippen LogP contribution in [0.5, 0.6) is 11.5 Å². The molecule has 6 nitrogen and oxygen atoms in total. The Morgan fingerprint density at radius 2 is 1.50 bits per heavy atom. The Morgan fingerprint density at radius 1 is 0.900 bits per heavy atom. The minimum Gasteiger partial charge on any atom is -0.508 e. The fraction of sp³-hybridized carbons (Fsp3) is 0. The normalized spacial score (nSPS) is 10.0. The lowest BCUT2D eigenvalue weighted by molar-refractivity contribution is 0.0696. The zero-order valence-corrected chi connectivity index (χ0v) is 10.2. The van der Waals surface area contributed by atoms with Gasteiger partial charge >= 0.3 is 5.97 Å². The van der Waals surface area contributed by atoms with Crippen LogP contribution in [0.1, 0.15) is 20.7 Å². The van der Waals surface area contributed by atoms with Crippen molar-refractivity contribution in [2.45, 2.75) is 0 Å². The van der Waals surface area contributed by atoms with E-state index in [1.807, 2.05) is 0 Å². The highest BCUT2D eigenvalue weighted by atomic mass is 16.4. The minimum atomic E-state index is -1.17. The van der Waals surface area contributed by atoms with Crippen LogP contribution in [0.2, 0.25) is 0 Å². The maximum atomic E-state index is 11.9. The van der Waals surface area contributed by atoms with Crippen LogP contribution in [-0.2, 0) is 0 Å². The van der Waals surface area contributed by atoms with Gasteiger partial charge in [-0.15, -0.1) is 0 Å². The first kappa shape index (κ1) is 13.4. The fourth-order valence-electron chi connectivity index (χ4n) is 1.58. The fourth-order valence-corrected chi connectivity index (χ4v) is 1.58. The van der Waals surface area contributed by atoms with Gasteiger partial charge in [0.15, 0.2) is 0 Å². The molecule has 0 aliphatic carbocycles. The van der Waals surface area contributed by atoms with Gasteiger partial charge in [-0.2, -0.15) is 0 Å². The molecule has 102 valence electrons. The van der Waals surface area contributed by atoms with E-state index in [4.69, 9.17) is 10.2 Å². The molecule has 2 aromatic carbocycles. The van der Waals surface area contributed by atoms with E-state index in [0.29, 0.717) is 5.56 Å². The van der Waals surface area contributed by atoms with Crippen LogP contribution in [0.15, 0.2) is 42.5 Å². The molecule has 1 amide bonds. The summed E-state index contributed by atoms with van der Waals surface area (Å²) in [5.74, 6) is -1.95. The molecule has 0 heterocycles. The monoisotopic (exact) mass is 273 g/mol. The van der Waals surface area contributed by atoms with Gasteiger partial charge in [-0.3, -0.25) is 4.79 Å². The van der Waals surface area contributed by atoms with E-state index in [0.717, 1.165) is 6.07 Å². The number of benzene rings is 2. The first-order chi connectivity index (χ1) is 9.47. The molecule has 4 N–H and O–H groups in total. The number of amides is 1. The van der Waals surface area contributed by atoms with Gasteiger partial charge in [-0.25, -0.2) is 4.79 Å². The van der Waals surface area contributed by atoms with Gasteiger partial charge < -0.3 is 20.6 Å². The number of phenols is 2. The molecule has 0 spiro atoms. The highest BCUT2D eigenvalue weighted by Crippen LogP contribution is 2.25. The summed E-state index contributed by atoms with van der Waals surface area (Å²) in [6, 6.07) is 9.20. The average molecular weight is 273 g/mol. The number of nitrogens with one attached hydrogen (secondary N) is 1. The first-order valence-corrected chi connectivity index (χ1v) is 5.64. The van der Waals surface area contributed by atoms with Crippen molar-refractivity contribution >= 4 is 17.6 Å². The van der Waals surface area contributed by atoms with E-state index in [2.05, 4.69) is 5.32 Å². The summed E-state index contributed by atoms with van der Waals surface area (Å²) in [5, 5.41) is 30.0. The van der Waals surface area contributed by atoms with E-state index in [1.54, 1.807) is 0 Å². The molecule has 2 aromatic rings. The van der Waals surface area contributed by atoms with E-state index in [9.17, 15) is 14.7 Å². The zero-order valence-electron chi connectivity index (χ0n) is 10.2. The van der Waals surface area contributed by atoms with Crippen LogP contribution in [-0.4, -0.2) is 27.2 Å². The Kier molecular flexibility index (Phi) is 3.56. The van der Waals surface area contributed by atoms with Crippen molar-refractivity contribution in [1.29, 1.82) is 0 Å². The van der Waals surface area contributed by atoms with Gasteiger partial charge in [0.1, 0.15) is 11.5 Å². The van der Waals surface area contributed by atoms with Gasteiger partial charge in [0.2, 0.25) is 0 Å². The number of carbonyl (C=O) groups excluding carboxylic acids is 1. The highest BCUT2D eigenvalue weighted by Gasteiger charge is 2.11. The second-order valence-electron chi connectivity index (χ2n) is 4.04. The van der Waals surface area contributed by atoms with Crippen LogP contribution >= 0.6 is 0 Å². The standard InChI is InChI=1S/C14H11NO5/c16-10-4-1-8(2-5-10)13(18)15-11-6-3-9(14(19)20)7-12(11)17/h1-7,16-17H,(H,15,18)(H,19,20). The summed E-state index contributed by atoms with van der Waals surface area (Å²) < 4.78 is 0. The van der Waals surface area contributed by atoms with Crippen LogP contribution in [0, 0.1) is 0 Å². The molecule has 0 atom stereocenters. The third kappa shape index (κ3) is 2.86. The largest absolute Gasteiger partial charge is 0.508 e. The van der Waals surface area contributed by atoms with Crippen molar-refractivity contribution in [3.8, 4) is 11.5 Å². The molecule has 0 radical (unpaired) electrons. The molecule has 0 fully saturated rings. The molecule has 0 bridgehead atoms. The summed E-state index contributed by atoms with van der Waals surface area (Å²) >= 11 is 0. The lowest BCUT2D eigenvalue weighted by Gasteiger charge is -2.08. The number of carbonyl (C=O) groups is 2. The Hall–Kier alpha value is -3.02. The zero-order chi connectivity index (χ0) is 14.7. The maximum Gasteiger partial charge on any atom is 0.335 e. The molecule has 0 aliphatic heterocycles. The number of carboxylic acids is 1. The van der Waals surface area contributed by atoms with E-state index in [-0.39, 0.29) is 22.7 Å². The molecule has 0 unspecified atom stereocenters. The maximum absolute atomic E-state index is 11.9. The number of carboxylic acid groups (broad SMARTS) is 1. The molecular formula is C14H11NO5. The summed E-state index contributed by atoms with van der Waals surface area (Å²) in [6.07, 6.45) is 0. The summed E-state index contributed by atoms with van der Waals surface area (Å²) in [7, 11) is 0. The van der Waals surface area contributed by atoms with Crippen molar-refractivity contribution in [1.82, 2.24) is 0 Å². The van der Waals surface area contributed by atoms with Crippen LogP contribution < -0.4 is 5.32 Å². The van der Waals surface area contributed by atoms with Crippen molar-refractivity contribution in [3.05, 3.63) is 53.6 Å². The van der Waals surface area contributed by atoms with E-state index in [1.165, 1.54) is 36.4 Å². The van der Waals surface area contributed by atoms with Gasteiger partial charge in [-0.05, 0) is 42.5 Å². The Balaban J connectivity index is 2.19. The lowest BCUT2D eigenvalue weighted by atomic mass is 10.1. The highest BCUT2D eigenvalue weighted by molar-refractivity contribution is 6.05. The van der Waals surface area contributed by atoms with E-state index >= 15 is 0 Å². The summed E-state index contributed by atoms with van der Waals surface area (Å²) in [5.41, 5.74) is 0.322. The number of rotatable bonds is 3. The number of aromatic hydroxyl groups is 2. The van der Waals surface area contributed by atoms with Crippen molar-refractivity contribution in [2.24, 2.45) is 0 Å². The SMILES string of the molecule is O=C(O)c1ccc(NC(=O)c2ccc(O)cc2)c(O)c1. The predicted molar refractivity (Wildman–Crippen MR) is 71.1 cm³/mol. The first-order valence-electron chi connectivity index (χ1n) is 5.64. The predicted octanol–water partition coefficient (Wildman–Crippen LogP) is 2.05. The smallest absolute Gasteiger partial charge is 0.335 e. The number of hydrogen-bond donors (Lipinski definition) is 4. The average Bonchev–Trinajstić information content (AvgIpc) is 2.41.